The normalized spacial score (nSPS) is 14.5. The molecule has 1 amide bonds. The fourth-order valence-corrected chi connectivity index (χ4v) is 4.46. The molecule has 180 valence electrons. The van der Waals surface area contributed by atoms with Gasteiger partial charge in [-0.05, 0) is 36.6 Å². The van der Waals surface area contributed by atoms with E-state index in [1.165, 1.54) is 10.2 Å². The monoisotopic (exact) mass is 462 g/mol. The van der Waals surface area contributed by atoms with Crippen molar-refractivity contribution in [2.75, 3.05) is 39.8 Å². The highest BCUT2D eigenvalue weighted by Gasteiger charge is 2.25. The summed E-state index contributed by atoms with van der Waals surface area (Å²) in [4.78, 5) is 30.6. The minimum absolute atomic E-state index is 0.0877. The highest BCUT2D eigenvalue weighted by Crippen LogP contribution is 2.17. The van der Waals surface area contributed by atoms with E-state index in [4.69, 9.17) is 4.74 Å². The molecule has 0 radical (unpaired) electrons. The molecular formula is C27H34N4O3. The van der Waals surface area contributed by atoms with Crippen molar-refractivity contribution in [2.45, 2.75) is 39.2 Å². The van der Waals surface area contributed by atoms with Crippen molar-refractivity contribution >= 4 is 16.7 Å². The second kappa shape index (κ2) is 11.3. The molecule has 0 aliphatic carbocycles. The molecule has 1 aromatic heterocycles. The van der Waals surface area contributed by atoms with Crippen molar-refractivity contribution in [3.63, 3.8) is 0 Å². The number of ether oxygens (including phenoxy) is 1. The lowest BCUT2D eigenvalue weighted by Gasteiger charge is -2.34. The van der Waals surface area contributed by atoms with Crippen molar-refractivity contribution in [3.05, 3.63) is 70.1 Å². The van der Waals surface area contributed by atoms with Crippen LogP contribution < -0.4 is 10.3 Å². The van der Waals surface area contributed by atoms with Crippen LogP contribution in [-0.4, -0.2) is 65.3 Å². The van der Waals surface area contributed by atoms with Crippen molar-refractivity contribution in [1.29, 1.82) is 0 Å². The van der Waals surface area contributed by atoms with Crippen LogP contribution in [0.15, 0.2) is 53.3 Å². The molecular weight excluding hydrogens is 428 g/mol. The molecule has 2 aromatic carbocycles. The first kappa shape index (κ1) is 24.0. The minimum Gasteiger partial charge on any atom is -0.497 e. The summed E-state index contributed by atoms with van der Waals surface area (Å²) >= 11 is 0. The number of fused-ring (bicyclic) bond motifs is 1. The van der Waals surface area contributed by atoms with E-state index in [0.29, 0.717) is 36.1 Å². The van der Waals surface area contributed by atoms with Gasteiger partial charge in [-0.15, -0.1) is 0 Å². The van der Waals surface area contributed by atoms with Gasteiger partial charge in [0.25, 0.3) is 11.5 Å². The molecule has 3 aromatic rings. The first-order valence-corrected chi connectivity index (χ1v) is 12.2. The van der Waals surface area contributed by atoms with Gasteiger partial charge >= 0.3 is 0 Å². The molecule has 34 heavy (non-hydrogen) atoms. The molecule has 1 fully saturated rings. The van der Waals surface area contributed by atoms with Crippen LogP contribution >= 0.6 is 0 Å². The Morgan fingerprint density at radius 2 is 1.65 bits per heavy atom. The smallest absolute Gasteiger partial charge is 0.275 e. The highest BCUT2D eigenvalue weighted by molar-refractivity contribution is 6.04. The summed E-state index contributed by atoms with van der Waals surface area (Å²) in [7, 11) is 1.68. The number of methoxy groups -OCH3 is 1. The van der Waals surface area contributed by atoms with Gasteiger partial charge in [-0.2, -0.15) is 5.10 Å². The summed E-state index contributed by atoms with van der Waals surface area (Å²) in [5.74, 6) is 0.781. The average Bonchev–Trinajstić information content (AvgIpc) is 2.89. The van der Waals surface area contributed by atoms with E-state index in [2.05, 4.69) is 29.1 Å². The maximum absolute atomic E-state index is 13.5. The van der Waals surface area contributed by atoms with Gasteiger partial charge in [0.2, 0.25) is 0 Å². The number of nitrogens with zero attached hydrogens (tertiary/aromatic N) is 4. The fourth-order valence-electron chi connectivity index (χ4n) is 4.46. The fraction of sp³-hybridized carbons (Fsp3) is 0.444. The Kier molecular flexibility index (Phi) is 7.95. The predicted octanol–water partition coefficient (Wildman–Crippen LogP) is 3.60. The van der Waals surface area contributed by atoms with Crippen LogP contribution in [0.5, 0.6) is 5.75 Å². The Balaban J connectivity index is 1.42. The number of amides is 1. The second-order valence-electron chi connectivity index (χ2n) is 8.86. The number of benzene rings is 2. The van der Waals surface area contributed by atoms with E-state index in [-0.39, 0.29) is 11.5 Å². The predicted molar refractivity (Wildman–Crippen MR) is 135 cm³/mol. The summed E-state index contributed by atoms with van der Waals surface area (Å²) in [5, 5.41) is 5.76. The first-order valence-electron chi connectivity index (χ1n) is 12.2. The van der Waals surface area contributed by atoms with E-state index in [1.807, 2.05) is 35.2 Å². The zero-order valence-corrected chi connectivity index (χ0v) is 20.2. The van der Waals surface area contributed by atoms with E-state index in [9.17, 15) is 9.59 Å². The van der Waals surface area contributed by atoms with Crippen LogP contribution in [0.1, 0.15) is 42.2 Å². The van der Waals surface area contributed by atoms with E-state index in [0.717, 1.165) is 51.1 Å². The Morgan fingerprint density at radius 3 is 2.32 bits per heavy atom. The van der Waals surface area contributed by atoms with Gasteiger partial charge in [0.15, 0.2) is 5.69 Å². The zero-order valence-electron chi connectivity index (χ0n) is 20.2. The molecule has 0 unspecified atom stereocenters. The standard InChI is InChI=1S/C27H34N4O3/c1-3-4-7-15-31-26(32)24-9-6-5-8-23(24)25(28-31)27(33)30-19-17-29(18-20-30)16-14-21-10-12-22(34-2)13-11-21/h5-6,8-13H,3-4,7,14-20H2,1-2H3. The molecule has 7 heteroatoms. The first-order chi connectivity index (χ1) is 16.6. The molecule has 1 aliphatic rings. The maximum Gasteiger partial charge on any atom is 0.275 e. The van der Waals surface area contributed by atoms with E-state index >= 15 is 0 Å². The van der Waals surface area contributed by atoms with Crippen molar-refractivity contribution in [1.82, 2.24) is 19.6 Å². The summed E-state index contributed by atoms with van der Waals surface area (Å²) in [6.45, 7) is 6.60. The van der Waals surface area contributed by atoms with Gasteiger partial charge in [-0.25, -0.2) is 4.68 Å². The van der Waals surface area contributed by atoms with Gasteiger partial charge in [0.05, 0.1) is 12.5 Å². The summed E-state index contributed by atoms with van der Waals surface area (Å²) < 4.78 is 6.71. The molecule has 7 nitrogen and oxygen atoms in total. The summed E-state index contributed by atoms with van der Waals surface area (Å²) in [6.07, 6.45) is 3.94. The Hall–Kier alpha value is -3.19. The number of rotatable bonds is 9. The number of carbonyl (C=O) groups excluding carboxylic acids is 1. The number of aryl methyl sites for hydroxylation is 1. The lowest BCUT2D eigenvalue weighted by atomic mass is 10.1. The molecule has 0 spiro atoms. The number of piperazine rings is 1. The van der Waals surface area contributed by atoms with Gasteiger partial charge in [-0.3, -0.25) is 14.5 Å². The molecule has 4 rings (SSSR count). The van der Waals surface area contributed by atoms with Crippen LogP contribution in [0.25, 0.3) is 10.8 Å². The lowest BCUT2D eigenvalue weighted by molar-refractivity contribution is 0.0632. The third-order valence-corrected chi connectivity index (χ3v) is 6.58. The van der Waals surface area contributed by atoms with Crippen molar-refractivity contribution in [3.8, 4) is 5.75 Å². The van der Waals surface area contributed by atoms with Crippen molar-refractivity contribution < 1.29 is 9.53 Å². The molecule has 0 N–H and O–H groups in total. The number of hydrogen-bond acceptors (Lipinski definition) is 5. The van der Waals surface area contributed by atoms with Crippen LogP contribution in [0.2, 0.25) is 0 Å². The Morgan fingerprint density at radius 1 is 0.941 bits per heavy atom. The van der Waals surface area contributed by atoms with Gasteiger partial charge < -0.3 is 9.64 Å². The van der Waals surface area contributed by atoms with Gasteiger partial charge in [-0.1, -0.05) is 50.1 Å². The minimum atomic E-state index is -0.119. The van der Waals surface area contributed by atoms with Crippen molar-refractivity contribution in [2.24, 2.45) is 0 Å². The van der Waals surface area contributed by atoms with Crippen LogP contribution in [-0.2, 0) is 13.0 Å². The maximum atomic E-state index is 13.5. The number of aromatic nitrogens is 2. The molecule has 2 heterocycles. The third-order valence-electron chi connectivity index (χ3n) is 6.58. The molecule has 0 bridgehead atoms. The topological polar surface area (TPSA) is 67.7 Å². The molecule has 0 atom stereocenters. The SMILES string of the molecule is CCCCCn1nc(C(=O)N2CCN(CCc3ccc(OC)cc3)CC2)c2ccccc2c1=O. The van der Waals surface area contributed by atoms with Crippen LogP contribution in [0.3, 0.4) is 0 Å². The summed E-state index contributed by atoms with van der Waals surface area (Å²) in [5.41, 5.74) is 1.55. The van der Waals surface area contributed by atoms with E-state index in [1.54, 1.807) is 13.2 Å². The van der Waals surface area contributed by atoms with Crippen LogP contribution in [0, 0.1) is 0 Å². The summed E-state index contributed by atoms with van der Waals surface area (Å²) in [6, 6.07) is 15.5. The third kappa shape index (κ3) is 5.47. The van der Waals surface area contributed by atoms with Crippen LogP contribution in [0.4, 0.5) is 0 Å². The van der Waals surface area contributed by atoms with Gasteiger partial charge in [0, 0.05) is 44.7 Å². The van der Waals surface area contributed by atoms with Gasteiger partial charge in [0.1, 0.15) is 5.75 Å². The number of carbonyl (C=O) groups is 1. The molecule has 1 saturated heterocycles. The largest absolute Gasteiger partial charge is 0.497 e. The lowest BCUT2D eigenvalue weighted by Crippen LogP contribution is -2.49. The molecule has 0 saturated carbocycles. The molecule has 1 aliphatic heterocycles. The quantitative estimate of drug-likeness (QED) is 0.455. The average molecular weight is 463 g/mol. The Bertz CT molecular complexity index is 1160. The highest BCUT2D eigenvalue weighted by atomic mass is 16.5. The zero-order chi connectivity index (χ0) is 23.9. The second-order valence-corrected chi connectivity index (χ2v) is 8.86. The Labute approximate surface area is 200 Å². The van der Waals surface area contributed by atoms with E-state index < -0.39 is 0 Å². The number of hydrogen-bond donors (Lipinski definition) is 0. The number of unbranched alkanes of at least 4 members (excludes halogenated alkanes) is 2.